The number of ether oxygens (including phenoxy) is 2. The van der Waals surface area contributed by atoms with Crippen molar-refractivity contribution in [1.29, 1.82) is 0 Å². The first-order valence-corrected chi connectivity index (χ1v) is 6.62. The molecule has 1 saturated carbocycles. The average molecular weight is 263 g/mol. The van der Waals surface area contributed by atoms with Gasteiger partial charge in [-0.15, -0.1) is 0 Å². The van der Waals surface area contributed by atoms with Crippen LogP contribution in [0.15, 0.2) is 18.2 Å². The predicted molar refractivity (Wildman–Crippen MR) is 68.3 cm³/mol. The van der Waals surface area contributed by atoms with Crippen LogP contribution >= 0.6 is 0 Å². The van der Waals surface area contributed by atoms with Crippen molar-refractivity contribution < 1.29 is 19.4 Å². The summed E-state index contributed by atoms with van der Waals surface area (Å²) in [7, 11) is 0. The Bertz CT molecular complexity index is 488. The van der Waals surface area contributed by atoms with Crippen molar-refractivity contribution in [3.8, 4) is 11.5 Å². The maximum Gasteiger partial charge on any atom is 0.251 e. The quantitative estimate of drug-likeness (QED) is 0.847. The normalized spacial score (nSPS) is 25.1. The van der Waals surface area contributed by atoms with Gasteiger partial charge in [-0.25, -0.2) is 0 Å². The van der Waals surface area contributed by atoms with E-state index in [1.807, 2.05) is 0 Å². The minimum Gasteiger partial charge on any atom is -0.454 e. The van der Waals surface area contributed by atoms with Gasteiger partial charge in [0.1, 0.15) is 0 Å². The van der Waals surface area contributed by atoms with Crippen molar-refractivity contribution in [1.82, 2.24) is 5.32 Å². The van der Waals surface area contributed by atoms with E-state index >= 15 is 0 Å². The van der Waals surface area contributed by atoms with Gasteiger partial charge < -0.3 is 19.9 Å². The Morgan fingerprint density at radius 2 is 2.00 bits per heavy atom. The number of aliphatic hydroxyl groups is 1. The summed E-state index contributed by atoms with van der Waals surface area (Å²) in [6.45, 7) is 0.196. The Labute approximate surface area is 111 Å². The maximum atomic E-state index is 12.1. The van der Waals surface area contributed by atoms with Crippen molar-refractivity contribution in [2.24, 2.45) is 0 Å². The third kappa shape index (κ3) is 2.51. The van der Waals surface area contributed by atoms with Crippen molar-refractivity contribution in [3.05, 3.63) is 23.8 Å². The number of aliphatic hydroxyl groups excluding tert-OH is 1. The molecule has 2 atom stereocenters. The lowest BCUT2D eigenvalue weighted by Gasteiger charge is -2.28. The number of nitrogens with one attached hydrogen (secondary N) is 1. The topological polar surface area (TPSA) is 67.8 Å². The molecular weight excluding hydrogens is 246 g/mol. The second-order valence-electron chi connectivity index (χ2n) is 5.00. The highest BCUT2D eigenvalue weighted by Gasteiger charge is 2.25. The van der Waals surface area contributed by atoms with Gasteiger partial charge >= 0.3 is 0 Å². The van der Waals surface area contributed by atoms with Gasteiger partial charge in [0.15, 0.2) is 11.5 Å². The van der Waals surface area contributed by atoms with E-state index in [9.17, 15) is 9.90 Å². The van der Waals surface area contributed by atoms with Crippen LogP contribution < -0.4 is 14.8 Å². The van der Waals surface area contributed by atoms with E-state index in [2.05, 4.69) is 5.32 Å². The minimum absolute atomic E-state index is 0.147. The molecule has 19 heavy (non-hydrogen) atoms. The Morgan fingerprint density at radius 3 is 2.84 bits per heavy atom. The Hall–Kier alpha value is -1.75. The highest BCUT2D eigenvalue weighted by atomic mass is 16.7. The molecule has 0 spiro atoms. The largest absolute Gasteiger partial charge is 0.454 e. The second kappa shape index (κ2) is 5.09. The van der Waals surface area contributed by atoms with Gasteiger partial charge in [-0.05, 0) is 31.0 Å². The molecule has 1 aliphatic heterocycles. The lowest BCUT2D eigenvalue weighted by molar-refractivity contribution is 0.0717. The smallest absolute Gasteiger partial charge is 0.251 e. The van der Waals surface area contributed by atoms with Crippen molar-refractivity contribution in [3.63, 3.8) is 0 Å². The third-order valence-electron chi connectivity index (χ3n) is 3.68. The van der Waals surface area contributed by atoms with Gasteiger partial charge in [0.2, 0.25) is 6.79 Å². The van der Waals surface area contributed by atoms with Gasteiger partial charge in [0.05, 0.1) is 12.1 Å². The Balaban J connectivity index is 1.70. The maximum absolute atomic E-state index is 12.1. The third-order valence-corrected chi connectivity index (χ3v) is 3.68. The van der Waals surface area contributed by atoms with Gasteiger partial charge in [-0.3, -0.25) is 4.79 Å². The first kappa shape index (κ1) is 12.3. The van der Waals surface area contributed by atoms with E-state index in [0.29, 0.717) is 17.1 Å². The highest BCUT2D eigenvalue weighted by Crippen LogP contribution is 2.32. The van der Waals surface area contributed by atoms with Crippen LogP contribution in [-0.2, 0) is 0 Å². The SMILES string of the molecule is O=C(NC1CCCCC1O)c1ccc2c(c1)OCO2. The van der Waals surface area contributed by atoms with E-state index in [0.717, 1.165) is 25.7 Å². The molecule has 0 bridgehead atoms. The number of fused-ring (bicyclic) bond motifs is 1. The molecule has 1 aromatic carbocycles. The average Bonchev–Trinajstić information content (AvgIpc) is 2.88. The molecule has 102 valence electrons. The first-order valence-electron chi connectivity index (χ1n) is 6.62. The summed E-state index contributed by atoms with van der Waals surface area (Å²) in [6.07, 6.45) is 3.22. The zero-order valence-electron chi connectivity index (χ0n) is 10.6. The summed E-state index contributed by atoms with van der Waals surface area (Å²) in [4.78, 5) is 12.1. The van der Waals surface area contributed by atoms with Crippen LogP contribution in [0.4, 0.5) is 0 Å². The molecule has 1 heterocycles. The van der Waals surface area contributed by atoms with E-state index in [-0.39, 0.29) is 18.7 Å². The van der Waals surface area contributed by atoms with Crippen molar-refractivity contribution in [2.45, 2.75) is 37.8 Å². The molecular formula is C14H17NO4. The summed E-state index contributed by atoms with van der Waals surface area (Å²) in [6, 6.07) is 4.96. The molecule has 3 rings (SSSR count). The van der Waals surface area contributed by atoms with Crippen LogP contribution in [0.2, 0.25) is 0 Å². The molecule has 2 unspecified atom stereocenters. The fraction of sp³-hybridized carbons (Fsp3) is 0.500. The van der Waals surface area contributed by atoms with Crippen LogP contribution in [0.1, 0.15) is 36.0 Å². The molecule has 5 heteroatoms. The molecule has 1 amide bonds. The molecule has 0 radical (unpaired) electrons. The molecule has 0 saturated heterocycles. The van der Waals surface area contributed by atoms with Gasteiger partial charge in [-0.2, -0.15) is 0 Å². The molecule has 1 aliphatic carbocycles. The number of amides is 1. The summed E-state index contributed by atoms with van der Waals surface area (Å²) >= 11 is 0. The lowest BCUT2D eigenvalue weighted by Crippen LogP contribution is -2.45. The predicted octanol–water partition coefficient (Wildman–Crippen LogP) is 1.45. The summed E-state index contributed by atoms with van der Waals surface area (Å²) < 4.78 is 10.5. The fourth-order valence-electron chi connectivity index (χ4n) is 2.57. The number of benzene rings is 1. The van der Waals surface area contributed by atoms with Crippen LogP contribution in [0, 0.1) is 0 Å². The van der Waals surface area contributed by atoms with Crippen LogP contribution in [-0.4, -0.2) is 30.0 Å². The molecule has 1 fully saturated rings. The zero-order chi connectivity index (χ0) is 13.2. The second-order valence-corrected chi connectivity index (χ2v) is 5.00. The Kier molecular flexibility index (Phi) is 3.29. The number of carbonyl (C=O) groups excluding carboxylic acids is 1. The molecule has 0 aromatic heterocycles. The van der Waals surface area contributed by atoms with Crippen LogP contribution in [0.3, 0.4) is 0 Å². The Morgan fingerprint density at radius 1 is 1.21 bits per heavy atom. The first-order chi connectivity index (χ1) is 9.24. The summed E-state index contributed by atoms with van der Waals surface area (Å²) in [5.74, 6) is 1.08. The van der Waals surface area contributed by atoms with Gasteiger partial charge in [-0.1, -0.05) is 12.8 Å². The number of hydrogen-bond acceptors (Lipinski definition) is 4. The van der Waals surface area contributed by atoms with Crippen molar-refractivity contribution in [2.75, 3.05) is 6.79 Å². The highest BCUT2D eigenvalue weighted by molar-refractivity contribution is 5.95. The zero-order valence-corrected chi connectivity index (χ0v) is 10.6. The van der Waals surface area contributed by atoms with Crippen molar-refractivity contribution >= 4 is 5.91 Å². The molecule has 2 aliphatic rings. The van der Waals surface area contributed by atoms with E-state index in [1.54, 1.807) is 18.2 Å². The fourth-order valence-corrected chi connectivity index (χ4v) is 2.57. The lowest BCUT2D eigenvalue weighted by atomic mass is 9.92. The minimum atomic E-state index is -0.438. The summed E-state index contributed by atoms with van der Waals surface area (Å²) in [5.41, 5.74) is 0.530. The summed E-state index contributed by atoms with van der Waals surface area (Å²) in [5, 5.41) is 12.8. The monoisotopic (exact) mass is 263 g/mol. The van der Waals surface area contributed by atoms with Gasteiger partial charge in [0.25, 0.3) is 5.91 Å². The van der Waals surface area contributed by atoms with E-state index in [1.165, 1.54) is 0 Å². The molecule has 2 N–H and O–H groups in total. The number of hydrogen-bond donors (Lipinski definition) is 2. The molecule has 5 nitrogen and oxygen atoms in total. The molecule has 1 aromatic rings. The van der Waals surface area contributed by atoms with Gasteiger partial charge in [0, 0.05) is 5.56 Å². The standard InChI is InChI=1S/C14H17NO4/c16-11-4-2-1-3-10(11)15-14(17)9-5-6-12-13(7-9)19-8-18-12/h5-7,10-11,16H,1-4,8H2,(H,15,17). The van der Waals surface area contributed by atoms with Crippen LogP contribution in [0.25, 0.3) is 0 Å². The number of carbonyl (C=O) groups is 1. The van der Waals surface area contributed by atoms with E-state index in [4.69, 9.17) is 9.47 Å². The van der Waals surface area contributed by atoms with E-state index < -0.39 is 6.10 Å². The number of rotatable bonds is 2. The van der Waals surface area contributed by atoms with Crippen LogP contribution in [0.5, 0.6) is 11.5 Å².